The molecule has 90 valence electrons. The Morgan fingerprint density at radius 2 is 2.06 bits per heavy atom. The Hall–Kier alpha value is -0.720. The minimum atomic E-state index is -3.74. The molecule has 0 saturated heterocycles. The van der Waals surface area contributed by atoms with Gasteiger partial charge in [0.15, 0.2) is 0 Å². The number of primary sulfonamides is 1. The monoisotopic (exact) mass is 260 g/mol. The quantitative estimate of drug-likeness (QED) is 0.638. The molecule has 16 heavy (non-hydrogen) atoms. The molecule has 4 nitrogen and oxygen atoms in total. The van der Waals surface area contributed by atoms with Gasteiger partial charge in [0.05, 0.1) is 5.69 Å². The zero-order chi connectivity index (χ0) is 12.3. The Balaban J connectivity index is 3.15. The molecule has 0 aromatic heterocycles. The number of sulfonamides is 1. The van der Waals surface area contributed by atoms with E-state index in [4.69, 9.17) is 10.9 Å². The van der Waals surface area contributed by atoms with Gasteiger partial charge in [-0.25, -0.2) is 13.6 Å². The third-order valence-electron chi connectivity index (χ3n) is 2.24. The van der Waals surface area contributed by atoms with Gasteiger partial charge in [-0.3, -0.25) is 0 Å². The first-order valence-electron chi connectivity index (χ1n) is 4.94. The summed E-state index contributed by atoms with van der Waals surface area (Å²) < 4.78 is 22.5. The molecule has 0 aliphatic carbocycles. The summed E-state index contributed by atoms with van der Waals surface area (Å²) in [6.45, 7) is 4.13. The maximum atomic E-state index is 11.2. The van der Waals surface area contributed by atoms with Gasteiger partial charge in [-0.15, -0.1) is 11.8 Å². The van der Waals surface area contributed by atoms with Crippen molar-refractivity contribution in [1.29, 1.82) is 0 Å². The van der Waals surface area contributed by atoms with Crippen LogP contribution in [0.2, 0.25) is 0 Å². The van der Waals surface area contributed by atoms with E-state index < -0.39 is 10.0 Å². The lowest BCUT2D eigenvalue weighted by atomic mass is 10.3. The van der Waals surface area contributed by atoms with Crippen molar-refractivity contribution in [3.05, 3.63) is 18.2 Å². The molecule has 0 aliphatic rings. The van der Waals surface area contributed by atoms with E-state index in [1.165, 1.54) is 6.07 Å². The van der Waals surface area contributed by atoms with E-state index in [1.54, 1.807) is 23.9 Å². The Bertz CT molecular complexity index is 472. The standard InChI is InChI=1S/C10H16N2O2S2/c1-3-7(2)15-8-5-4-6-9(10(8)11)16(12,13)14/h4-7H,3,11H2,1-2H3,(H2,12,13,14). The van der Waals surface area contributed by atoms with E-state index in [0.29, 0.717) is 5.25 Å². The minimum absolute atomic E-state index is 0.000744. The van der Waals surface area contributed by atoms with Crippen LogP contribution in [0.4, 0.5) is 5.69 Å². The van der Waals surface area contributed by atoms with Gasteiger partial charge in [0.25, 0.3) is 0 Å². The van der Waals surface area contributed by atoms with Gasteiger partial charge < -0.3 is 5.73 Å². The van der Waals surface area contributed by atoms with Crippen LogP contribution in [0.25, 0.3) is 0 Å². The van der Waals surface area contributed by atoms with Crippen LogP contribution in [0.1, 0.15) is 20.3 Å². The summed E-state index contributed by atoms with van der Waals surface area (Å²) in [6.07, 6.45) is 0.990. The molecule has 0 fully saturated rings. The fraction of sp³-hybridized carbons (Fsp3) is 0.400. The highest BCUT2D eigenvalue weighted by molar-refractivity contribution is 8.00. The predicted octanol–water partition coefficient (Wildman–Crippen LogP) is 1.81. The summed E-state index contributed by atoms with van der Waals surface area (Å²) >= 11 is 1.56. The van der Waals surface area contributed by atoms with Crippen molar-refractivity contribution in [3.63, 3.8) is 0 Å². The molecule has 0 saturated carbocycles. The van der Waals surface area contributed by atoms with Gasteiger partial charge in [0, 0.05) is 10.1 Å². The van der Waals surface area contributed by atoms with Gasteiger partial charge in [-0.2, -0.15) is 0 Å². The highest BCUT2D eigenvalue weighted by atomic mass is 32.2. The fourth-order valence-electron chi connectivity index (χ4n) is 1.17. The molecule has 0 spiro atoms. The summed E-state index contributed by atoms with van der Waals surface area (Å²) in [5, 5.41) is 5.46. The molecular formula is C10H16N2O2S2. The average Bonchev–Trinajstić information content (AvgIpc) is 2.19. The topological polar surface area (TPSA) is 86.2 Å². The normalized spacial score (nSPS) is 13.7. The predicted molar refractivity (Wildman–Crippen MR) is 67.8 cm³/mol. The molecular weight excluding hydrogens is 244 g/mol. The lowest BCUT2D eigenvalue weighted by molar-refractivity contribution is 0.598. The van der Waals surface area contributed by atoms with E-state index in [9.17, 15) is 8.42 Å². The van der Waals surface area contributed by atoms with Gasteiger partial charge in [0.2, 0.25) is 10.0 Å². The SMILES string of the molecule is CCC(C)Sc1cccc(S(N)(=O)=O)c1N. The molecule has 0 aliphatic heterocycles. The lowest BCUT2D eigenvalue weighted by Crippen LogP contribution is -2.14. The molecule has 0 radical (unpaired) electrons. The van der Waals surface area contributed by atoms with Crippen molar-refractivity contribution in [2.45, 2.75) is 35.3 Å². The number of anilines is 1. The van der Waals surface area contributed by atoms with Crippen molar-refractivity contribution in [3.8, 4) is 0 Å². The van der Waals surface area contributed by atoms with E-state index in [1.807, 2.05) is 0 Å². The number of nitrogens with two attached hydrogens (primary N) is 2. The smallest absolute Gasteiger partial charge is 0.240 e. The molecule has 1 atom stereocenters. The zero-order valence-electron chi connectivity index (χ0n) is 9.30. The highest BCUT2D eigenvalue weighted by Gasteiger charge is 2.15. The molecule has 1 rings (SSSR count). The number of benzene rings is 1. The first-order chi connectivity index (χ1) is 7.36. The van der Waals surface area contributed by atoms with Crippen LogP contribution in [0.3, 0.4) is 0 Å². The van der Waals surface area contributed by atoms with Gasteiger partial charge in [-0.1, -0.05) is 19.9 Å². The molecule has 6 heteroatoms. The van der Waals surface area contributed by atoms with E-state index in [-0.39, 0.29) is 10.6 Å². The van der Waals surface area contributed by atoms with Crippen molar-refractivity contribution in [2.24, 2.45) is 5.14 Å². The van der Waals surface area contributed by atoms with Gasteiger partial charge in [-0.05, 0) is 18.6 Å². The Morgan fingerprint density at radius 1 is 1.44 bits per heavy atom. The minimum Gasteiger partial charge on any atom is -0.397 e. The summed E-state index contributed by atoms with van der Waals surface area (Å²) in [4.78, 5) is 0.765. The molecule has 0 bridgehead atoms. The van der Waals surface area contributed by atoms with Crippen molar-refractivity contribution in [2.75, 3.05) is 5.73 Å². The molecule has 0 amide bonds. The van der Waals surface area contributed by atoms with Crippen LogP contribution < -0.4 is 10.9 Å². The van der Waals surface area contributed by atoms with Crippen LogP contribution >= 0.6 is 11.8 Å². The summed E-state index contributed by atoms with van der Waals surface area (Å²) in [6, 6.07) is 4.88. The number of hydrogen-bond acceptors (Lipinski definition) is 4. The average molecular weight is 260 g/mol. The molecule has 1 aromatic carbocycles. The third-order valence-corrected chi connectivity index (χ3v) is 4.55. The Morgan fingerprint density at radius 3 is 2.56 bits per heavy atom. The van der Waals surface area contributed by atoms with Crippen LogP contribution in [0, 0.1) is 0 Å². The second kappa shape index (κ2) is 5.07. The zero-order valence-corrected chi connectivity index (χ0v) is 10.9. The summed E-state index contributed by atoms with van der Waals surface area (Å²) in [7, 11) is -3.74. The number of para-hydroxylation sites is 1. The lowest BCUT2D eigenvalue weighted by Gasteiger charge is -2.12. The Labute approximate surface area is 100 Å². The maximum Gasteiger partial charge on any atom is 0.240 e. The van der Waals surface area contributed by atoms with Gasteiger partial charge >= 0.3 is 0 Å². The van der Waals surface area contributed by atoms with Crippen molar-refractivity contribution >= 4 is 27.5 Å². The van der Waals surface area contributed by atoms with E-state index >= 15 is 0 Å². The second-order valence-electron chi connectivity index (χ2n) is 3.55. The van der Waals surface area contributed by atoms with Crippen LogP contribution in [-0.4, -0.2) is 13.7 Å². The Kier molecular flexibility index (Phi) is 4.23. The van der Waals surface area contributed by atoms with Gasteiger partial charge in [0.1, 0.15) is 4.90 Å². The van der Waals surface area contributed by atoms with Crippen molar-refractivity contribution in [1.82, 2.24) is 0 Å². The number of nitrogen functional groups attached to an aromatic ring is 1. The van der Waals surface area contributed by atoms with E-state index in [2.05, 4.69) is 13.8 Å². The molecule has 4 N–H and O–H groups in total. The number of hydrogen-bond donors (Lipinski definition) is 2. The first kappa shape index (κ1) is 13.3. The summed E-state index contributed by atoms with van der Waals surface area (Å²) in [5.41, 5.74) is 6.04. The number of thioether (sulfide) groups is 1. The highest BCUT2D eigenvalue weighted by Crippen LogP contribution is 2.33. The van der Waals surface area contributed by atoms with Crippen molar-refractivity contribution < 1.29 is 8.42 Å². The van der Waals surface area contributed by atoms with E-state index in [0.717, 1.165) is 11.3 Å². The fourth-order valence-corrected chi connectivity index (χ4v) is 2.92. The second-order valence-corrected chi connectivity index (χ2v) is 6.56. The third kappa shape index (κ3) is 3.13. The molecule has 0 heterocycles. The number of rotatable bonds is 4. The summed E-state index contributed by atoms with van der Waals surface area (Å²) in [5.74, 6) is 0. The van der Waals surface area contributed by atoms with Crippen LogP contribution in [0.15, 0.2) is 28.0 Å². The maximum absolute atomic E-state index is 11.2. The van der Waals surface area contributed by atoms with Crippen LogP contribution in [-0.2, 0) is 10.0 Å². The first-order valence-corrected chi connectivity index (χ1v) is 7.36. The largest absolute Gasteiger partial charge is 0.397 e. The molecule has 1 aromatic rings. The molecule has 1 unspecified atom stereocenters. The van der Waals surface area contributed by atoms with Crippen LogP contribution in [0.5, 0.6) is 0 Å².